The minimum absolute atomic E-state index is 0.00399. The molecule has 2 fully saturated rings. The fourth-order valence-electron chi connectivity index (χ4n) is 4.06. The van der Waals surface area contributed by atoms with E-state index in [1.54, 1.807) is 0 Å². The van der Waals surface area contributed by atoms with Crippen molar-refractivity contribution in [1.82, 2.24) is 24.7 Å². The Morgan fingerprint density at radius 1 is 1.37 bits per heavy atom. The number of rotatable bonds is 9. The summed E-state index contributed by atoms with van der Waals surface area (Å²) in [7, 11) is -1.42. The number of hydrogen-bond acceptors (Lipinski definition) is 5. The summed E-state index contributed by atoms with van der Waals surface area (Å²) >= 11 is 0. The lowest BCUT2D eigenvalue weighted by Crippen LogP contribution is -2.41. The van der Waals surface area contributed by atoms with Gasteiger partial charge in [0, 0.05) is 46.0 Å². The molecule has 0 radical (unpaired) electrons. The average molecular weight is 441 g/mol. The van der Waals surface area contributed by atoms with E-state index in [9.17, 15) is 8.42 Å². The van der Waals surface area contributed by atoms with Crippen molar-refractivity contribution in [3.8, 4) is 0 Å². The van der Waals surface area contributed by atoms with Crippen LogP contribution in [0.25, 0.3) is 0 Å². The van der Waals surface area contributed by atoms with Crippen LogP contribution in [0.3, 0.4) is 0 Å². The second-order valence-electron chi connectivity index (χ2n) is 8.22. The van der Waals surface area contributed by atoms with Gasteiger partial charge in [-0.25, -0.2) is 13.1 Å². The molecule has 2 aliphatic heterocycles. The lowest BCUT2D eigenvalue weighted by Gasteiger charge is -2.23. The van der Waals surface area contributed by atoms with E-state index in [1.165, 1.54) is 5.56 Å². The first-order chi connectivity index (χ1) is 14.4. The van der Waals surface area contributed by atoms with Gasteiger partial charge in [-0.05, 0) is 50.5 Å². The van der Waals surface area contributed by atoms with Crippen LogP contribution in [0.4, 0.5) is 0 Å². The van der Waals surface area contributed by atoms with Gasteiger partial charge in [0.05, 0.1) is 24.6 Å². The number of aliphatic imine (C=N–C) groups is 1. The van der Waals surface area contributed by atoms with Crippen LogP contribution in [0.2, 0.25) is 0 Å². The van der Waals surface area contributed by atoms with Crippen molar-refractivity contribution in [1.29, 1.82) is 0 Å². The van der Waals surface area contributed by atoms with Crippen molar-refractivity contribution in [3.63, 3.8) is 0 Å². The van der Waals surface area contributed by atoms with Gasteiger partial charge in [0.15, 0.2) is 5.96 Å². The van der Waals surface area contributed by atoms with E-state index in [0.29, 0.717) is 12.5 Å². The van der Waals surface area contributed by atoms with E-state index in [-0.39, 0.29) is 18.4 Å². The Morgan fingerprint density at radius 2 is 2.23 bits per heavy atom. The van der Waals surface area contributed by atoms with Gasteiger partial charge in [0.25, 0.3) is 0 Å². The van der Waals surface area contributed by atoms with Crippen LogP contribution in [0.5, 0.6) is 0 Å². The highest BCUT2D eigenvalue weighted by molar-refractivity contribution is 7.89. The molecule has 9 nitrogen and oxygen atoms in total. The van der Waals surface area contributed by atoms with E-state index < -0.39 is 10.0 Å². The zero-order valence-corrected chi connectivity index (χ0v) is 19.0. The maximum atomic E-state index is 12.3. The summed E-state index contributed by atoms with van der Waals surface area (Å²) in [6.07, 6.45) is 9.17. The summed E-state index contributed by atoms with van der Waals surface area (Å²) in [4.78, 5) is 6.82. The molecule has 2 atom stereocenters. The van der Waals surface area contributed by atoms with Crippen molar-refractivity contribution >= 4 is 16.0 Å². The molecule has 0 aromatic carbocycles. The second-order valence-corrected chi connectivity index (χ2v) is 10.1. The number of aryl methyl sites for hydroxylation is 1. The summed E-state index contributed by atoms with van der Waals surface area (Å²) in [5.74, 6) is 1.35. The Labute approximate surface area is 180 Å². The number of ether oxygens (including phenoxy) is 1. The highest BCUT2D eigenvalue weighted by atomic mass is 32.2. The van der Waals surface area contributed by atoms with Gasteiger partial charge in [-0.3, -0.25) is 9.67 Å². The minimum Gasteiger partial charge on any atom is -0.377 e. The molecule has 2 saturated heterocycles. The molecule has 3 heterocycles. The molecule has 1 aromatic rings. The fourth-order valence-corrected chi connectivity index (χ4v) is 4.98. The van der Waals surface area contributed by atoms with E-state index in [4.69, 9.17) is 4.74 Å². The maximum absolute atomic E-state index is 12.3. The monoisotopic (exact) mass is 440 g/mol. The predicted molar refractivity (Wildman–Crippen MR) is 118 cm³/mol. The standard InChI is InChI=1S/C20H36N6O3S/c1-3-21-20(26-9-7-17(16-26)12-18-13-23-25(2)15-18)22-8-11-30(27,28)24-14-19-6-4-5-10-29-19/h13,15,17,19,24H,3-12,14,16H2,1-2H3,(H,21,22). The molecule has 0 saturated carbocycles. The number of likely N-dealkylation sites (tertiary alicyclic amines) is 1. The van der Waals surface area contributed by atoms with Crippen LogP contribution in [0, 0.1) is 5.92 Å². The summed E-state index contributed by atoms with van der Waals surface area (Å²) in [6.45, 7) is 5.96. The van der Waals surface area contributed by atoms with E-state index in [1.807, 2.05) is 24.9 Å². The van der Waals surface area contributed by atoms with Crippen LogP contribution < -0.4 is 10.0 Å². The predicted octanol–water partition coefficient (Wildman–Crippen LogP) is 0.739. The largest absolute Gasteiger partial charge is 0.377 e. The smallest absolute Gasteiger partial charge is 0.213 e. The van der Waals surface area contributed by atoms with Crippen LogP contribution in [0.15, 0.2) is 17.4 Å². The molecular weight excluding hydrogens is 404 g/mol. The summed E-state index contributed by atoms with van der Waals surface area (Å²) in [5.41, 5.74) is 1.26. The molecule has 0 amide bonds. The molecular formula is C20H36N6O3S. The number of guanidine groups is 1. The first kappa shape index (κ1) is 23.0. The molecule has 3 rings (SSSR count). The number of aromatic nitrogens is 2. The quantitative estimate of drug-likeness (QED) is 0.434. The zero-order valence-electron chi connectivity index (χ0n) is 18.2. The average Bonchev–Trinajstić information content (AvgIpc) is 3.36. The van der Waals surface area contributed by atoms with Crippen LogP contribution >= 0.6 is 0 Å². The normalized spacial score (nSPS) is 23.1. The number of sulfonamides is 1. The fraction of sp³-hybridized carbons (Fsp3) is 0.800. The van der Waals surface area contributed by atoms with E-state index >= 15 is 0 Å². The Kier molecular flexibility index (Phi) is 8.52. The molecule has 2 N–H and O–H groups in total. The first-order valence-electron chi connectivity index (χ1n) is 11.0. The molecule has 1 aromatic heterocycles. The van der Waals surface area contributed by atoms with Gasteiger partial charge in [-0.15, -0.1) is 0 Å². The van der Waals surface area contributed by atoms with Gasteiger partial charge in [0.1, 0.15) is 0 Å². The minimum atomic E-state index is -3.36. The Morgan fingerprint density at radius 3 is 2.93 bits per heavy atom. The lowest BCUT2D eigenvalue weighted by atomic mass is 10.0. The van der Waals surface area contributed by atoms with Crippen molar-refractivity contribution in [2.24, 2.45) is 18.0 Å². The number of hydrogen-bond donors (Lipinski definition) is 2. The van der Waals surface area contributed by atoms with Crippen LogP contribution in [0.1, 0.15) is 38.2 Å². The topological polar surface area (TPSA) is 101 Å². The van der Waals surface area contributed by atoms with Crippen molar-refractivity contribution in [3.05, 3.63) is 18.0 Å². The number of nitrogens with one attached hydrogen (secondary N) is 2. The van der Waals surface area contributed by atoms with Crippen LogP contribution in [-0.4, -0.2) is 80.2 Å². The Balaban J connectivity index is 1.46. The molecule has 10 heteroatoms. The SMILES string of the molecule is CCNC(=NCCS(=O)(=O)NCC1CCCCO1)N1CCC(Cc2cnn(C)c2)C1. The highest BCUT2D eigenvalue weighted by Gasteiger charge is 2.25. The van der Waals surface area contributed by atoms with E-state index in [0.717, 1.165) is 64.3 Å². The molecule has 0 spiro atoms. The van der Waals surface area contributed by atoms with Crippen molar-refractivity contribution in [2.75, 3.05) is 45.1 Å². The highest BCUT2D eigenvalue weighted by Crippen LogP contribution is 2.20. The zero-order chi connectivity index (χ0) is 21.4. The second kappa shape index (κ2) is 11.1. The van der Waals surface area contributed by atoms with Gasteiger partial charge in [-0.2, -0.15) is 5.10 Å². The van der Waals surface area contributed by atoms with Gasteiger partial charge >= 0.3 is 0 Å². The van der Waals surface area contributed by atoms with Crippen molar-refractivity contribution in [2.45, 2.75) is 45.1 Å². The van der Waals surface area contributed by atoms with Gasteiger partial charge in [0.2, 0.25) is 10.0 Å². The molecule has 0 bridgehead atoms. The van der Waals surface area contributed by atoms with Crippen molar-refractivity contribution < 1.29 is 13.2 Å². The molecule has 0 aliphatic carbocycles. The van der Waals surface area contributed by atoms with E-state index in [2.05, 4.69) is 31.2 Å². The first-order valence-corrected chi connectivity index (χ1v) is 12.7. The summed E-state index contributed by atoms with van der Waals surface area (Å²) in [6, 6.07) is 0. The van der Waals surface area contributed by atoms with Gasteiger partial charge in [-0.1, -0.05) is 0 Å². The molecule has 170 valence electrons. The molecule has 30 heavy (non-hydrogen) atoms. The molecule has 2 aliphatic rings. The number of nitrogens with zero attached hydrogens (tertiary/aromatic N) is 4. The third-order valence-corrected chi connectivity index (χ3v) is 6.96. The molecule has 2 unspecified atom stereocenters. The van der Waals surface area contributed by atoms with Gasteiger partial charge < -0.3 is 15.0 Å². The Hall–Kier alpha value is -1.65. The lowest BCUT2D eigenvalue weighted by molar-refractivity contribution is 0.0200. The summed E-state index contributed by atoms with van der Waals surface area (Å²) < 4.78 is 34.7. The third-order valence-electron chi connectivity index (χ3n) is 5.63. The third kappa shape index (κ3) is 7.24. The Bertz CT molecular complexity index is 788. The summed E-state index contributed by atoms with van der Waals surface area (Å²) in [5, 5.41) is 7.55. The van der Waals surface area contributed by atoms with Crippen LogP contribution in [-0.2, 0) is 28.2 Å². The maximum Gasteiger partial charge on any atom is 0.213 e.